The van der Waals surface area contributed by atoms with Crippen LogP contribution in [0.25, 0.3) is 0 Å². The Morgan fingerprint density at radius 1 is 1.18 bits per heavy atom. The average molecular weight is 485 g/mol. The van der Waals surface area contributed by atoms with Gasteiger partial charge in [-0.15, -0.1) is 0 Å². The summed E-state index contributed by atoms with van der Waals surface area (Å²) in [5.41, 5.74) is 2.97. The molecule has 2 aromatic carbocycles. The highest BCUT2D eigenvalue weighted by atomic mass is 35.5. The number of halogens is 1. The van der Waals surface area contributed by atoms with Gasteiger partial charge in [-0.1, -0.05) is 41.0 Å². The summed E-state index contributed by atoms with van der Waals surface area (Å²) in [5.74, 6) is 1.52. The number of furan rings is 1. The van der Waals surface area contributed by atoms with Gasteiger partial charge in [-0.25, -0.2) is 0 Å². The molecule has 34 heavy (non-hydrogen) atoms. The molecule has 1 aliphatic heterocycles. The van der Waals surface area contributed by atoms with Gasteiger partial charge in [0.05, 0.1) is 31.8 Å². The van der Waals surface area contributed by atoms with Gasteiger partial charge >= 0.3 is 0 Å². The lowest BCUT2D eigenvalue weighted by Gasteiger charge is -2.27. The Bertz CT molecular complexity index is 1060. The number of nitrogens with zero attached hydrogens (tertiary/aromatic N) is 2. The Hall–Kier alpha value is -2.84. The lowest BCUT2D eigenvalue weighted by atomic mass is 10.0. The van der Waals surface area contributed by atoms with Gasteiger partial charge in [0.1, 0.15) is 24.2 Å². The van der Waals surface area contributed by atoms with Gasteiger partial charge < -0.3 is 23.8 Å². The number of hydrogen-bond acceptors (Lipinski definition) is 7. The summed E-state index contributed by atoms with van der Waals surface area (Å²) in [6, 6.07) is 19.2. The van der Waals surface area contributed by atoms with Crippen LogP contribution in [0.1, 0.15) is 23.3 Å². The zero-order valence-corrected chi connectivity index (χ0v) is 19.9. The molecule has 0 fully saturated rings. The second kappa shape index (κ2) is 12.0. The molecule has 1 aromatic heterocycles. The third-order valence-corrected chi connectivity index (χ3v) is 5.77. The zero-order valence-electron chi connectivity index (χ0n) is 19.1. The fraction of sp³-hybridized carbons (Fsp3) is 0.346. The Kier molecular flexibility index (Phi) is 8.60. The monoisotopic (exact) mass is 484 g/mol. The molecular formula is C26H29ClN2O5. The molecule has 0 aliphatic carbocycles. The second-order valence-electron chi connectivity index (χ2n) is 8.27. The second-order valence-corrected chi connectivity index (χ2v) is 8.71. The first-order valence-corrected chi connectivity index (χ1v) is 11.6. The van der Waals surface area contributed by atoms with Crippen molar-refractivity contribution in [3.63, 3.8) is 0 Å². The standard InChI is InChI=1S/C26H29ClN2O5/c1-31-23-5-2-4-19(12-23)14-29(15-22(30)17-32-18-24-6-3-11-33-24)16-25-13-26(28-34-25)20-7-9-21(27)10-8-20/h2-12,22,25,30H,13-18H2,1H3. The van der Waals surface area contributed by atoms with Crippen LogP contribution in [0, 0.1) is 0 Å². The molecule has 180 valence electrons. The maximum absolute atomic E-state index is 10.7. The Balaban J connectivity index is 1.36. The molecule has 1 N–H and O–H groups in total. The summed E-state index contributed by atoms with van der Waals surface area (Å²) in [7, 11) is 1.65. The SMILES string of the molecule is COc1cccc(CN(CC(O)COCc2ccco2)CC2CC(c3ccc(Cl)cc3)=NO2)c1. The minimum absolute atomic E-state index is 0.118. The molecule has 2 unspecified atom stereocenters. The van der Waals surface area contributed by atoms with Crippen LogP contribution in [0.4, 0.5) is 0 Å². The van der Waals surface area contributed by atoms with Crippen molar-refractivity contribution >= 4 is 17.3 Å². The Morgan fingerprint density at radius 3 is 2.79 bits per heavy atom. The van der Waals surface area contributed by atoms with Crippen LogP contribution in [0.5, 0.6) is 5.75 Å². The maximum atomic E-state index is 10.7. The number of hydrogen-bond donors (Lipinski definition) is 1. The van der Waals surface area contributed by atoms with Crippen molar-refractivity contribution in [2.45, 2.75) is 31.8 Å². The first-order chi connectivity index (χ1) is 16.6. The van der Waals surface area contributed by atoms with E-state index < -0.39 is 6.10 Å². The van der Waals surface area contributed by atoms with E-state index in [9.17, 15) is 5.11 Å². The molecule has 0 spiro atoms. The van der Waals surface area contributed by atoms with E-state index >= 15 is 0 Å². The molecule has 2 atom stereocenters. The summed E-state index contributed by atoms with van der Waals surface area (Å²) in [4.78, 5) is 7.89. The number of rotatable bonds is 12. The van der Waals surface area contributed by atoms with Crippen molar-refractivity contribution in [1.82, 2.24) is 4.90 Å². The van der Waals surface area contributed by atoms with Crippen molar-refractivity contribution < 1.29 is 23.8 Å². The van der Waals surface area contributed by atoms with Crippen molar-refractivity contribution in [2.75, 3.05) is 26.8 Å². The van der Waals surface area contributed by atoms with Crippen LogP contribution in [0.3, 0.4) is 0 Å². The fourth-order valence-electron chi connectivity index (χ4n) is 3.90. The molecule has 3 aromatic rings. The van der Waals surface area contributed by atoms with Crippen molar-refractivity contribution in [3.05, 3.63) is 88.8 Å². The smallest absolute Gasteiger partial charge is 0.145 e. The summed E-state index contributed by atoms with van der Waals surface area (Å²) in [5, 5.41) is 15.6. The Morgan fingerprint density at radius 2 is 2.03 bits per heavy atom. The maximum Gasteiger partial charge on any atom is 0.145 e. The van der Waals surface area contributed by atoms with E-state index in [1.54, 1.807) is 13.4 Å². The van der Waals surface area contributed by atoms with E-state index in [0.29, 0.717) is 37.7 Å². The van der Waals surface area contributed by atoms with Gasteiger partial charge in [-0.05, 0) is 47.5 Å². The minimum atomic E-state index is -0.668. The summed E-state index contributed by atoms with van der Waals surface area (Å²) in [6.45, 7) is 2.18. The highest BCUT2D eigenvalue weighted by molar-refractivity contribution is 6.30. The fourth-order valence-corrected chi connectivity index (χ4v) is 4.03. The van der Waals surface area contributed by atoms with E-state index in [-0.39, 0.29) is 12.7 Å². The lowest BCUT2D eigenvalue weighted by Crippen LogP contribution is -2.39. The highest BCUT2D eigenvalue weighted by Crippen LogP contribution is 2.21. The van der Waals surface area contributed by atoms with Gasteiger partial charge in [-0.3, -0.25) is 4.90 Å². The summed E-state index contributed by atoms with van der Waals surface area (Å²) in [6.07, 6.45) is 1.50. The van der Waals surface area contributed by atoms with Crippen LogP contribution < -0.4 is 4.74 Å². The normalized spacial score (nSPS) is 16.4. The van der Waals surface area contributed by atoms with Gasteiger partial charge in [0.25, 0.3) is 0 Å². The number of methoxy groups -OCH3 is 1. The number of oxime groups is 1. The average Bonchev–Trinajstić information content (AvgIpc) is 3.52. The minimum Gasteiger partial charge on any atom is -0.497 e. The van der Waals surface area contributed by atoms with Crippen molar-refractivity contribution in [2.24, 2.45) is 5.16 Å². The van der Waals surface area contributed by atoms with E-state index in [1.165, 1.54) is 0 Å². The highest BCUT2D eigenvalue weighted by Gasteiger charge is 2.26. The molecule has 0 radical (unpaired) electrons. The molecule has 2 heterocycles. The van der Waals surface area contributed by atoms with Crippen LogP contribution in [0.15, 0.2) is 76.5 Å². The third kappa shape index (κ3) is 7.08. The quantitative estimate of drug-likeness (QED) is 0.407. The molecule has 8 heteroatoms. The van der Waals surface area contributed by atoms with Crippen molar-refractivity contribution in [1.29, 1.82) is 0 Å². The van der Waals surface area contributed by atoms with Gasteiger partial charge in [0.15, 0.2) is 0 Å². The molecule has 1 aliphatic rings. The largest absolute Gasteiger partial charge is 0.497 e. The van der Waals surface area contributed by atoms with Crippen molar-refractivity contribution in [3.8, 4) is 5.75 Å². The predicted octanol–water partition coefficient (Wildman–Crippen LogP) is 4.51. The first kappa shape index (κ1) is 24.3. The zero-order chi connectivity index (χ0) is 23.8. The third-order valence-electron chi connectivity index (χ3n) is 5.52. The van der Waals surface area contributed by atoms with E-state index in [4.69, 9.17) is 30.3 Å². The predicted molar refractivity (Wildman–Crippen MR) is 130 cm³/mol. The van der Waals surface area contributed by atoms with Crippen LogP contribution >= 0.6 is 11.6 Å². The van der Waals surface area contributed by atoms with Crippen LogP contribution in [-0.4, -0.2) is 54.7 Å². The van der Waals surface area contributed by atoms with Crippen LogP contribution in [-0.2, 0) is 22.7 Å². The van der Waals surface area contributed by atoms with Gasteiger partial charge in [0, 0.05) is 31.1 Å². The molecule has 0 bridgehead atoms. The molecule has 0 saturated carbocycles. The molecule has 0 saturated heterocycles. The van der Waals surface area contributed by atoms with E-state index in [2.05, 4.69) is 10.1 Å². The number of ether oxygens (including phenoxy) is 2. The van der Waals surface area contributed by atoms with Crippen LogP contribution in [0.2, 0.25) is 5.02 Å². The molecule has 0 amide bonds. The number of aliphatic hydroxyl groups excluding tert-OH is 1. The van der Waals surface area contributed by atoms with Gasteiger partial charge in [0.2, 0.25) is 0 Å². The van der Waals surface area contributed by atoms with E-state index in [0.717, 1.165) is 28.3 Å². The summed E-state index contributed by atoms with van der Waals surface area (Å²) >= 11 is 6.00. The summed E-state index contributed by atoms with van der Waals surface area (Å²) < 4.78 is 16.3. The topological polar surface area (TPSA) is 76.7 Å². The van der Waals surface area contributed by atoms with E-state index in [1.807, 2.05) is 60.7 Å². The molecule has 4 rings (SSSR count). The first-order valence-electron chi connectivity index (χ1n) is 11.2. The molecule has 7 nitrogen and oxygen atoms in total. The number of benzene rings is 2. The Labute approximate surface area is 204 Å². The van der Waals surface area contributed by atoms with Gasteiger partial charge in [-0.2, -0.15) is 0 Å². The number of aliphatic hydroxyl groups is 1. The lowest BCUT2D eigenvalue weighted by molar-refractivity contribution is -0.00956. The molecular weight excluding hydrogens is 456 g/mol.